The summed E-state index contributed by atoms with van der Waals surface area (Å²) in [5.74, 6) is 0.134. The molecule has 0 aromatic heterocycles. The normalized spacial score (nSPS) is 9.95. The first-order valence-corrected chi connectivity index (χ1v) is 6.27. The number of aromatic hydroxyl groups is 1. The fourth-order valence-corrected chi connectivity index (χ4v) is 2.03. The predicted molar refractivity (Wildman–Crippen MR) is 76.6 cm³/mol. The lowest BCUT2D eigenvalue weighted by molar-refractivity contribution is 0.469. The Morgan fingerprint density at radius 3 is 2.63 bits per heavy atom. The van der Waals surface area contributed by atoms with Crippen molar-refractivity contribution in [1.82, 2.24) is 0 Å². The van der Waals surface area contributed by atoms with E-state index in [1.54, 1.807) is 36.4 Å². The third-order valence-corrected chi connectivity index (χ3v) is 3.33. The zero-order valence-electron chi connectivity index (χ0n) is 9.82. The number of halogens is 2. The number of nitriles is 1. The van der Waals surface area contributed by atoms with Crippen molar-refractivity contribution in [2.24, 2.45) is 0 Å². The summed E-state index contributed by atoms with van der Waals surface area (Å²) in [6, 6.07) is 12.0. The fourth-order valence-electron chi connectivity index (χ4n) is 1.63. The number of phenolic OH excluding ortho intramolecular Hbond substituents is 1. The summed E-state index contributed by atoms with van der Waals surface area (Å²) in [5.41, 5.74) is 1.74. The molecule has 2 aromatic rings. The molecule has 0 radical (unpaired) electrons. The van der Waals surface area contributed by atoms with E-state index in [0.717, 1.165) is 5.69 Å². The Balaban J connectivity index is 2.17. The minimum Gasteiger partial charge on any atom is -0.508 e. The summed E-state index contributed by atoms with van der Waals surface area (Å²) < 4.78 is 0. The van der Waals surface area contributed by atoms with Crippen LogP contribution in [-0.2, 0) is 6.54 Å². The van der Waals surface area contributed by atoms with Gasteiger partial charge in [-0.25, -0.2) is 0 Å². The third-order valence-electron chi connectivity index (χ3n) is 2.65. The molecule has 5 heteroatoms. The van der Waals surface area contributed by atoms with Crippen molar-refractivity contribution in [3.8, 4) is 11.8 Å². The summed E-state index contributed by atoms with van der Waals surface area (Å²) in [4.78, 5) is 0. The molecule has 0 aliphatic rings. The second kappa shape index (κ2) is 5.83. The Hall–Kier alpha value is -1.89. The van der Waals surface area contributed by atoms with Crippen LogP contribution >= 0.6 is 23.2 Å². The average molecular weight is 293 g/mol. The molecule has 2 rings (SSSR count). The van der Waals surface area contributed by atoms with Gasteiger partial charge in [-0.2, -0.15) is 5.26 Å². The maximum Gasteiger partial charge on any atom is 0.122 e. The van der Waals surface area contributed by atoms with Gasteiger partial charge in [-0.1, -0.05) is 29.3 Å². The van der Waals surface area contributed by atoms with Crippen LogP contribution in [0.1, 0.15) is 11.1 Å². The van der Waals surface area contributed by atoms with Crippen LogP contribution in [0.5, 0.6) is 5.75 Å². The van der Waals surface area contributed by atoms with Gasteiger partial charge in [-0.15, -0.1) is 0 Å². The molecule has 0 saturated carbocycles. The van der Waals surface area contributed by atoms with E-state index in [-0.39, 0.29) is 5.75 Å². The summed E-state index contributed by atoms with van der Waals surface area (Å²) in [6.45, 7) is 0.359. The van der Waals surface area contributed by atoms with Crippen molar-refractivity contribution >= 4 is 28.9 Å². The minimum absolute atomic E-state index is 0.134. The molecule has 0 aliphatic heterocycles. The van der Waals surface area contributed by atoms with Crippen molar-refractivity contribution in [2.45, 2.75) is 6.54 Å². The highest BCUT2D eigenvalue weighted by molar-refractivity contribution is 6.32. The first-order valence-electron chi connectivity index (χ1n) is 5.51. The van der Waals surface area contributed by atoms with Gasteiger partial charge < -0.3 is 10.4 Å². The van der Waals surface area contributed by atoms with E-state index in [9.17, 15) is 5.11 Å². The Morgan fingerprint density at radius 2 is 1.95 bits per heavy atom. The smallest absolute Gasteiger partial charge is 0.122 e. The quantitative estimate of drug-likeness (QED) is 0.892. The van der Waals surface area contributed by atoms with Crippen LogP contribution in [0.2, 0.25) is 10.0 Å². The number of anilines is 1. The van der Waals surface area contributed by atoms with Crippen LogP contribution in [0.4, 0.5) is 5.69 Å². The molecule has 2 N–H and O–H groups in total. The molecule has 0 unspecified atom stereocenters. The SMILES string of the molecule is N#Cc1cc(NCc2c(O)cccc2Cl)ccc1Cl. The number of hydrogen-bond donors (Lipinski definition) is 2. The highest BCUT2D eigenvalue weighted by Gasteiger charge is 2.06. The molecule has 0 aliphatic carbocycles. The lowest BCUT2D eigenvalue weighted by atomic mass is 10.1. The standard InChI is InChI=1S/C14H10Cl2N2O/c15-12-5-4-10(6-9(12)7-17)18-8-11-13(16)2-1-3-14(11)19/h1-6,18-19H,8H2. The van der Waals surface area contributed by atoms with E-state index in [1.165, 1.54) is 0 Å². The van der Waals surface area contributed by atoms with Gasteiger partial charge in [-0.3, -0.25) is 0 Å². The highest BCUT2D eigenvalue weighted by atomic mass is 35.5. The number of nitrogens with one attached hydrogen (secondary N) is 1. The predicted octanol–water partition coefficient (Wildman–Crippen LogP) is 4.18. The average Bonchev–Trinajstić information content (AvgIpc) is 2.40. The monoisotopic (exact) mass is 292 g/mol. The molecule has 0 saturated heterocycles. The van der Waals surface area contributed by atoms with Gasteiger partial charge in [0.15, 0.2) is 0 Å². The van der Waals surface area contributed by atoms with E-state index in [1.807, 2.05) is 6.07 Å². The Morgan fingerprint density at radius 1 is 1.16 bits per heavy atom. The second-order valence-corrected chi connectivity index (χ2v) is 4.71. The molecule has 0 fully saturated rings. The molecular weight excluding hydrogens is 283 g/mol. The van der Waals surface area contributed by atoms with Crippen LogP contribution in [0, 0.1) is 11.3 Å². The Bertz CT molecular complexity index is 630. The van der Waals surface area contributed by atoms with E-state index in [0.29, 0.717) is 27.7 Å². The molecule has 0 amide bonds. The summed E-state index contributed by atoms with van der Waals surface area (Å²) in [5, 5.41) is 22.6. The number of rotatable bonds is 3. The fraction of sp³-hybridized carbons (Fsp3) is 0.0714. The minimum atomic E-state index is 0.134. The first kappa shape index (κ1) is 13.5. The lowest BCUT2D eigenvalue weighted by Crippen LogP contribution is -2.00. The van der Waals surface area contributed by atoms with E-state index < -0.39 is 0 Å². The van der Waals surface area contributed by atoms with Gasteiger partial charge in [0.05, 0.1) is 10.6 Å². The molecule has 0 heterocycles. The molecule has 0 atom stereocenters. The van der Waals surface area contributed by atoms with Gasteiger partial charge in [0, 0.05) is 22.8 Å². The number of nitrogens with zero attached hydrogens (tertiary/aromatic N) is 1. The van der Waals surface area contributed by atoms with Crippen LogP contribution in [0.15, 0.2) is 36.4 Å². The van der Waals surface area contributed by atoms with Crippen LogP contribution in [0.25, 0.3) is 0 Å². The molecular formula is C14H10Cl2N2O. The van der Waals surface area contributed by atoms with Gasteiger partial charge >= 0.3 is 0 Å². The van der Waals surface area contributed by atoms with E-state index >= 15 is 0 Å². The number of benzene rings is 2. The Labute approximate surface area is 121 Å². The van der Waals surface area contributed by atoms with Gasteiger partial charge in [0.2, 0.25) is 0 Å². The number of phenols is 1. The van der Waals surface area contributed by atoms with E-state index in [2.05, 4.69) is 5.32 Å². The molecule has 19 heavy (non-hydrogen) atoms. The maximum atomic E-state index is 9.72. The Kier molecular flexibility index (Phi) is 4.16. The van der Waals surface area contributed by atoms with Crippen molar-refractivity contribution in [3.05, 3.63) is 57.6 Å². The van der Waals surface area contributed by atoms with Crippen LogP contribution in [-0.4, -0.2) is 5.11 Å². The zero-order valence-corrected chi connectivity index (χ0v) is 11.3. The van der Waals surface area contributed by atoms with Gasteiger partial charge in [-0.05, 0) is 30.3 Å². The second-order valence-electron chi connectivity index (χ2n) is 3.90. The van der Waals surface area contributed by atoms with Crippen LogP contribution in [0.3, 0.4) is 0 Å². The summed E-state index contributed by atoms with van der Waals surface area (Å²) in [7, 11) is 0. The third kappa shape index (κ3) is 3.11. The summed E-state index contributed by atoms with van der Waals surface area (Å²) >= 11 is 11.9. The first-order chi connectivity index (χ1) is 9.11. The van der Waals surface area contributed by atoms with Crippen molar-refractivity contribution < 1.29 is 5.11 Å². The summed E-state index contributed by atoms with van der Waals surface area (Å²) in [6.07, 6.45) is 0. The zero-order chi connectivity index (χ0) is 13.8. The molecule has 3 nitrogen and oxygen atoms in total. The van der Waals surface area contributed by atoms with Gasteiger partial charge in [0.25, 0.3) is 0 Å². The van der Waals surface area contributed by atoms with Gasteiger partial charge in [0.1, 0.15) is 11.8 Å². The van der Waals surface area contributed by atoms with Crippen molar-refractivity contribution in [1.29, 1.82) is 5.26 Å². The molecule has 0 spiro atoms. The molecule has 2 aromatic carbocycles. The van der Waals surface area contributed by atoms with Crippen molar-refractivity contribution in [2.75, 3.05) is 5.32 Å². The topological polar surface area (TPSA) is 56.0 Å². The number of hydrogen-bond acceptors (Lipinski definition) is 3. The lowest BCUT2D eigenvalue weighted by Gasteiger charge is -2.10. The van der Waals surface area contributed by atoms with Crippen molar-refractivity contribution in [3.63, 3.8) is 0 Å². The maximum absolute atomic E-state index is 9.72. The highest BCUT2D eigenvalue weighted by Crippen LogP contribution is 2.27. The van der Waals surface area contributed by atoms with Crippen LogP contribution < -0.4 is 5.32 Å². The molecule has 96 valence electrons. The largest absolute Gasteiger partial charge is 0.508 e. The molecule has 0 bridgehead atoms. The van der Waals surface area contributed by atoms with E-state index in [4.69, 9.17) is 28.5 Å².